The van der Waals surface area contributed by atoms with Gasteiger partial charge < -0.3 is 4.74 Å². The number of hydrogen-bond acceptors (Lipinski definition) is 4. The van der Waals surface area contributed by atoms with Crippen molar-refractivity contribution in [1.82, 2.24) is 10.4 Å². The Morgan fingerprint density at radius 3 is 3.12 bits per heavy atom. The van der Waals surface area contributed by atoms with Crippen LogP contribution in [0.2, 0.25) is 0 Å². The fraction of sp³-hybridized carbons (Fsp3) is 0.615. The standard InChI is InChI=1S/C13H21N3O/c14-16-13(11-4-3-8-15-10-11)7-6-12-5-1-2-9-17-12/h3-4,8,10,12-13,16H,1-2,5-7,9,14H2. The van der Waals surface area contributed by atoms with Gasteiger partial charge in [0.05, 0.1) is 6.10 Å². The summed E-state index contributed by atoms with van der Waals surface area (Å²) in [5, 5.41) is 0. The molecular weight excluding hydrogens is 214 g/mol. The van der Waals surface area contributed by atoms with Gasteiger partial charge in [0.2, 0.25) is 0 Å². The first-order valence-electron chi connectivity index (χ1n) is 6.38. The summed E-state index contributed by atoms with van der Waals surface area (Å²) in [4.78, 5) is 4.12. The van der Waals surface area contributed by atoms with Gasteiger partial charge in [0.25, 0.3) is 0 Å². The Bertz CT molecular complexity index is 312. The number of nitrogens with zero attached hydrogens (tertiary/aromatic N) is 1. The van der Waals surface area contributed by atoms with Gasteiger partial charge in [0.15, 0.2) is 0 Å². The van der Waals surface area contributed by atoms with Crippen LogP contribution in [0.25, 0.3) is 0 Å². The second-order valence-corrected chi connectivity index (χ2v) is 4.57. The molecule has 1 saturated heterocycles. The second kappa shape index (κ2) is 6.69. The van der Waals surface area contributed by atoms with E-state index in [4.69, 9.17) is 10.6 Å². The van der Waals surface area contributed by atoms with E-state index in [9.17, 15) is 0 Å². The maximum absolute atomic E-state index is 5.72. The van der Waals surface area contributed by atoms with Gasteiger partial charge >= 0.3 is 0 Å². The molecule has 0 bridgehead atoms. The molecule has 0 aliphatic carbocycles. The van der Waals surface area contributed by atoms with Crippen molar-refractivity contribution in [2.45, 2.75) is 44.2 Å². The Hall–Kier alpha value is -0.970. The molecule has 3 N–H and O–H groups in total. The quantitative estimate of drug-likeness (QED) is 0.605. The highest BCUT2D eigenvalue weighted by molar-refractivity contribution is 5.13. The lowest BCUT2D eigenvalue weighted by Gasteiger charge is -2.24. The fourth-order valence-corrected chi connectivity index (χ4v) is 2.32. The topological polar surface area (TPSA) is 60.2 Å². The number of pyridine rings is 1. The number of aromatic nitrogens is 1. The molecule has 17 heavy (non-hydrogen) atoms. The van der Waals surface area contributed by atoms with Crippen LogP contribution in [0.3, 0.4) is 0 Å². The van der Waals surface area contributed by atoms with Gasteiger partial charge in [0.1, 0.15) is 0 Å². The molecule has 0 spiro atoms. The first-order valence-corrected chi connectivity index (χ1v) is 6.38. The van der Waals surface area contributed by atoms with E-state index in [1.165, 1.54) is 19.3 Å². The van der Waals surface area contributed by atoms with E-state index in [2.05, 4.69) is 16.5 Å². The maximum Gasteiger partial charge on any atom is 0.0575 e. The number of nitrogens with two attached hydrogens (primary N) is 1. The monoisotopic (exact) mass is 235 g/mol. The van der Waals surface area contributed by atoms with Gasteiger partial charge in [-0.25, -0.2) is 0 Å². The van der Waals surface area contributed by atoms with Crippen molar-refractivity contribution in [3.05, 3.63) is 30.1 Å². The highest BCUT2D eigenvalue weighted by Crippen LogP contribution is 2.22. The number of rotatable bonds is 5. The van der Waals surface area contributed by atoms with Gasteiger partial charge in [0, 0.05) is 25.0 Å². The van der Waals surface area contributed by atoms with Crippen molar-refractivity contribution in [2.24, 2.45) is 5.84 Å². The number of nitrogens with one attached hydrogen (secondary N) is 1. The molecule has 1 aliphatic heterocycles. The molecule has 4 nitrogen and oxygen atoms in total. The molecule has 1 fully saturated rings. The second-order valence-electron chi connectivity index (χ2n) is 4.57. The van der Waals surface area contributed by atoms with Crippen molar-refractivity contribution >= 4 is 0 Å². The Balaban J connectivity index is 1.83. The molecule has 1 aromatic rings. The van der Waals surface area contributed by atoms with Gasteiger partial charge in [-0.1, -0.05) is 6.07 Å². The molecule has 2 heterocycles. The molecule has 1 aliphatic rings. The van der Waals surface area contributed by atoms with Crippen molar-refractivity contribution in [2.75, 3.05) is 6.61 Å². The highest BCUT2D eigenvalue weighted by atomic mass is 16.5. The van der Waals surface area contributed by atoms with E-state index in [1.54, 1.807) is 6.20 Å². The van der Waals surface area contributed by atoms with Crippen LogP contribution >= 0.6 is 0 Å². The molecule has 2 atom stereocenters. The molecule has 1 aromatic heterocycles. The fourth-order valence-electron chi connectivity index (χ4n) is 2.32. The maximum atomic E-state index is 5.72. The predicted octanol–water partition coefficient (Wildman–Crippen LogP) is 1.94. The van der Waals surface area contributed by atoms with Crippen LogP contribution in [0.4, 0.5) is 0 Å². The Morgan fingerprint density at radius 1 is 1.53 bits per heavy atom. The molecule has 0 amide bonds. The summed E-state index contributed by atoms with van der Waals surface area (Å²) in [6, 6.07) is 4.17. The van der Waals surface area contributed by atoms with Crippen LogP contribution in [0.15, 0.2) is 24.5 Å². The van der Waals surface area contributed by atoms with E-state index >= 15 is 0 Å². The zero-order valence-corrected chi connectivity index (χ0v) is 10.1. The Morgan fingerprint density at radius 2 is 2.47 bits per heavy atom. The third-order valence-electron chi connectivity index (χ3n) is 3.34. The Labute approximate surface area is 103 Å². The molecule has 2 unspecified atom stereocenters. The SMILES string of the molecule is NNC(CCC1CCCCO1)c1cccnc1. The number of hydrogen-bond donors (Lipinski definition) is 2. The zero-order chi connectivity index (χ0) is 11.9. The summed E-state index contributed by atoms with van der Waals surface area (Å²) in [7, 11) is 0. The van der Waals surface area contributed by atoms with Crippen LogP contribution in [0, 0.1) is 0 Å². The highest BCUT2D eigenvalue weighted by Gasteiger charge is 2.17. The van der Waals surface area contributed by atoms with E-state index in [0.717, 1.165) is 25.0 Å². The lowest BCUT2D eigenvalue weighted by atomic mass is 9.98. The third kappa shape index (κ3) is 3.77. The van der Waals surface area contributed by atoms with E-state index < -0.39 is 0 Å². The molecule has 0 radical (unpaired) electrons. The number of hydrazine groups is 1. The van der Waals surface area contributed by atoms with Crippen molar-refractivity contribution in [3.63, 3.8) is 0 Å². The summed E-state index contributed by atoms with van der Waals surface area (Å²) in [5.74, 6) is 5.60. The van der Waals surface area contributed by atoms with Crippen molar-refractivity contribution in [3.8, 4) is 0 Å². The van der Waals surface area contributed by atoms with Crippen LogP contribution in [-0.4, -0.2) is 17.7 Å². The van der Waals surface area contributed by atoms with Gasteiger partial charge in [-0.3, -0.25) is 16.3 Å². The normalized spacial score (nSPS) is 22.3. The summed E-state index contributed by atoms with van der Waals surface area (Å²) < 4.78 is 5.72. The molecular formula is C13H21N3O. The van der Waals surface area contributed by atoms with Gasteiger partial charge in [-0.2, -0.15) is 0 Å². The van der Waals surface area contributed by atoms with E-state index in [-0.39, 0.29) is 6.04 Å². The van der Waals surface area contributed by atoms with Crippen LogP contribution in [0.5, 0.6) is 0 Å². The van der Waals surface area contributed by atoms with Crippen LogP contribution in [0.1, 0.15) is 43.7 Å². The van der Waals surface area contributed by atoms with E-state index in [1.807, 2.05) is 12.3 Å². The average molecular weight is 235 g/mol. The van der Waals surface area contributed by atoms with Crippen LogP contribution in [-0.2, 0) is 4.74 Å². The third-order valence-corrected chi connectivity index (χ3v) is 3.34. The minimum absolute atomic E-state index is 0.175. The molecule has 0 aromatic carbocycles. The molecule has 2 rings (SSSR count). The molecule has 0 saturated carbocycles. The summed E-state index contributed by atoms with van der Waals surface area (Å²) in [6.07, 6.45) is 9.79. The van der Waals surface area contributed by atoms with Crippen molar-refractivity contribution in [1.29, 1.82) is 0 Å². The summed E-state index contributed by atoms with van der Waals surface area (Å²) in [6.45, 7) is 0.915. The predicted molar refractivity (Wildman–Crippen MR) is 67.1 cm³/mol. The van der Waals surface area contributed by atoms with E-state index in [0.29, 0.717) is 6.10 Å². The minimum atomic E-state index is 0.175. The van der Waals surface area contributed by atoms with Crippen LogP contribution < -0.4 is 11.3 Å². The number of ether oxygens (including phenoxy) is 1. The summed E-state index contributed by atoms with van der Waals surface area (Å²) >= 11 is 0. The van der Waals surface area contributed by atoms with Gasteiger partial charge in [-0.15, -0.1) is 0 Å². The van der Waals surface area contributed by atoms with Crippen molar-refractivity contribution < 1.29 is 4.74 Å². The Kier molecular flexibility index (Phi) is 4.91. The minimum Gasteiger partial charge on any atom is -0.378 e. The van der Waals surface area contributed by atoms with Gasteiger partial charge in [-0.05, 0) is 43.7 Å². The first-order chi connectivity index (χ1) is 8.40. The molecule has 94 valence electrons. The smallest absolute Gasteiger partial charge is 0.0575 e. The molecule has 4 heteroatoms. The average Bonchev–Trinajstić information content (AvgIpc) is 2.42. The summed E-state index contributed by atoms with van der Waals surface area (Å²) in [5.41, 5.74) is 4.01. The lowest BCUT2D eigenvalue weighted by Crippen LogP contribution is -2.29. The zero-order valence-electron chi connectivity index (χ0n) is 10.1. The lowest BCUT2D eigenvalue weighted by molar-refractivity contribution is 0.00854. The largest absolute Gasteiger partial charge is 0.378 e. The first kappa shape index (κ1) is 12.5.